The Kier molecular flexibility index (Phi) is 8.84. The maximum Gasteiger partial charge on any atom is 0.416 e. The lowest BCUT2D eigenvalue weighted by Gasteiger charge is -2.31. The largest absolute Gasteiger partial charge is 0.469 e. The number of rotatable bonds is 4. The van der Waals surface area contributed by atoms with E-state index in [1.807, 2.05) is 12.1 Å². The Balaban J connectivity index is 0.000000232. The predicted octanol–water partition coefficient (Wildman–Crippen LogP) is 5.83. The van der Waals surface area contributed by atoms with Crippen LogP contribution in [0.15, 0.2) is 48.5 Å². The molecule has 0 aliphatic heterocycles. The molecule has 0 amide bonds. The van der Waals surface area contributed by atoms with Crippen LogP contribution < -0.4 is 5.73 Å². The molecule has 1 unspecified atom stereocenters. The number of benzene rings is 2. The molecule has 3 rings (SSSR count). The number of ether oxygens (including phenoxy) is 1. The second-order valence-electron chi connectivity index (χ2n) is 7.38. The number of hydrogen-bond acceptors (Lipinski definition) is 3. The van der Waals surface area contributed by atoms with Gasteiger partial charge in [-0.05, 0) is 60.1 Å². The number of alkyl halides is 3. The van der Waals surface area contributed by atoms with Crippen LogP contribution in [0.1, 0.15) is 54.7 Å². The van der Waals surface area contributed by atoms with E-state index < -0.39 is 11.7 Å². The van der Waals surface area contributed by atoms with Crippen molar-refractivity contribution in [2.75, 3.05) is 7.11 Å². The SMILES string of the molecule is COC(=O)C[C@H]1CCCCC1c1ccc(F)cc1.NCc1ccc(C(F)(F)F)cc1. The number of esters is 1. The van der Waals surface area contributed by atoms with Gasteiger partial charge >= 0.3 is 12.1 Å². The van der Waals surface area contributed by atoms with E-state index in [0.717, 1.165) is 30.5 Å². The Bertz CT molecular complexity index is 788. The number of carbonyl (C=O) groups is 1. The molecule has 164 valence electrons. The molecule has 1 aliphatic rings. The number of nitrogens with two attached hydrogens (primary N) is 1. The van der Waals surface area contributed by atoms with E-state index in [4.69, 9.17) is 10.5 Å². The third kappa shape index (κ3) is 7.13. The van der Waals surface area contributed by atoms with Gasteiger partial charge in [0.15, 0.2) is 0 Å². The van der Waals surface area contributed by atoms with Crippen LogP contribution in [0.3, 0.4) is 0 Å². The molecule has 2 aromatic carbocycles. The zero-order valence-corrected chi connectivity index (χ0v) is 16.9. The zero-order valence-electron chi connectivity index (χ0n) is 16.9. The Morgan fingerprint density at radius 3 is 2.17 bits per heavy atom. The Hall–Kier alpha value is -2.41. The Morgan fingerprint density at radius 2 is 1.63 bits per heavy atom. The van der Waals surface area contributed by atoms with Gasteiger partial charge in [0.1, 0.15) is 5.82 Å². The molecule has 2 atom stereocenters. The summed E-state index contributed by atoms with van der Waals surface area (Å²) in [4.78, 5) is 11.4. The lowest BCUT2D eigenvalue weighted by atomic mass is 9.74. The van der Waals surface area contributed by atoms with E-state index in [-0.39, 0.29) is 18.3 Å². The van der Waals surface area contributed by atoms with Crippen LogP contribution in [0.2, 0.25) is 0 Å². The van der Waals surface area contributed by atoms with E-state index >= 15 is 0 Å². The molecule has 1 saturated carbocycles. The van der Waals surface area contributed by atoms with Crippen LogP contribution in [-0.2, 0) is 22.3 Å². The fourth-order valence-electron chi connectivity index (χ4n) is 3.73. The molecule has 30 heavy (non-hydrogen) atoms. The molecular weight excluding hydrogens is 398 g/mol. The number of carbonyl (C=O) groups excluding carboxylic acids is 1. The highest BCUT2D eigenvalue weighted by Gasteiger charge is 2.30. The zero-order chi connectivity index (χ0) is 22.1. The fraction of sp³-hybridized carbons (Fsp3) is 0.435. The van der Waals surface area contributed by atoms with Crippen molar-refractivity contribution in [3.63, 3.8) is 0 Å². The van der Waals surface area contributed by atoms with E-state index in [1.54, 1.807) is 0 Å². The average Bonchev–Trinajstić information content (AvgIpc) is 2.74. The standard InChI is InChI=1S/C15H19FO2.C8H8F3N/c1-18-15(17)10-12-4-2-3-5-14(12)11-6-8-13(16)9-7-11;9-8(10,11)7-3-1-6(5-12)2-4-7/h6-9,12,14H,2-5,10H2,1H3;1-4H,5,12H2/t12-,14?;/m1./s1. The van der Waals surface area contributed by atoms with Gasteiger partial charge in [0, 0.05) is 13.0 Å². The summed E-state index contributed by atoms with van der Waals surface area (Å²) in [5.41, 5.74) is 6.43. The maximum absolute atomic E-state index is 12.9. The van der Waals surface area contributed by atoms with Gasteiger partial charge in [0.25, 0.3) is 0 Å². The number of halogens is 4. The van der Waals surface area contributed by atoms with Crippen molar-refractivity contribution in [3.8, 4) is 0 Å². The van der Waals surface area contributed by atoms with E-state index in [2.05, 4.69) is 0 Å². The third-order valence-electron chi connectivity index (χ3n) is 5.38. The molecule has 2 N–H and O–H groups in total. The summed E-state index contributed by atoms with van der Waals surface area (Å²) >= 11 is 0. The number of hydrogen-bond donors (Lipinski definition) is 1. The molecule has 0 aromatic heterocycles. The van der Waals surface area contributed by atoms with E-state index in [1.165, 1.54) is 44.2 Å². The minimum absolute atomic E-state index is 0.144. The van der Waals surface area contributed by atoms with Gasteiger partial charge in [-0.15, -0.1) is 0 Å². The monoisotopic (exact) mass is 425 g/mol. The Labute approximate surface area is 174 Å². The lowest BCUT2D eigenvalue weighted by Crippen LogP contribution is -2.21. The minimum atomic E-state index is -4.26. The van der Waals surface area contributed by atoms with Crippen molar-refractivity contribution in [2.45, 2.75) is 50.7 Å². The van der Waals surface area contributed by atoms with Gasteiger partial charge in [-0.3, -0.25) is 4.79 Å². The van der Waals surface area contributed by atoms with Crippen molar-refractivity contribution in [1.29, 1.82) is 0 Å². The third-order valence-corrected chi connectivity index (χ3v) is 5.38. The second kappa shape index (κ2) is 11.1. The summed E-state index contributed by atoms with van der Waals surface area (Å²) in [7, 11) is 1.43. The molecule has 0 heterocycles. The molecule has 3 nitrogen and oxygen atoms in total. The smallest absolute Gasteiger partial charge is 0.416 e. The first-order valence-corrected chi connectivity index (χ1v) is 9.93. The highest BCUT2D eigenvalue weighted by Crippen LogP contribution is 2.39. The average molecular weight is 425 g/mol. The predicted molar refractivity (Wildman–Crippen MR) is 107 cm³/mol. The van der Waals surface area contributed by atoms with Crippen molar-refractivity contribution in [3.05, 3.63) is 71.0 Å². The van der Waals surface area contributed by atoms with E-state index in [0.29, 0.717) is 23.8 Å². The van der Waals surface area contributed by atoms with Crippen LogP contribution in [0, 0.1) is 11.7 Å². The van der Waals surface area contributed by atoms with Crippen molar-refractivity contribution >= 4 is 5.97 Å². The first-order valence-electron chi connectivity index (χ1n) is 9.93. The Morgan fingerprint density at radius 1 is 1.03 bits per heavy atom. The van der Waals surface area contributed by atoms with Gasteiger partial charge in [0.05, 0.1) is 12.7 Å². The molecular formula is C23H27F4NO2. The normalized spacial score (nSPS) is 18.9. The molecule has 0 radical (unpaired) electrons. The molecule has 0 spiro atoms. The van der Waals surface area contributed by atoms with Gasteiger partial charge in [-0.2, -0.15) is 13.2 Å². The summed E-state index contributed by atoms with van der Waals surface area (Å²) in [6.07, 6.45) is 0.690. The maximum atomic E-state index is 12.9. The van der Waals surface area contributed by atoms with Crippen LogP contribution >= 0.6 is 0 Å². The first-order chi connectivity index (χ1) is 14.2. The van der Waals surface area contributed by atoms with Crippen molar-refractivity contribution in [2.24, 2.45) is 11.7 Å². The molecule has 1 aliphatic carbocycles. The molecule has 2 aromatic rings. The van der Waals surface area contributed by atoms with Gasteiger partial charge in [-0.25, -0.2) is 4.39 Å². The molecule has 0 bridgehead atoms. The van der Waals surface area contributed by atoms with Crippen LogP contribution in [0.5, 0.6) is 0 Å². The van der Waals surface area contributed by atoms with Crippen molar-refractivity contribution < 1.29 is 27.1 Å². The minimum Gasteiger partial charge on any atom is -0.469 e. The van der Waals surface area contributed by atoms with Crippen LogP contribution in [-0.4, -0.2) is 13.1 Å². The van der Waals surface area contributed by atoms with Gasteiger partial charge in [0.2, 0.25) is 0 Å². The summed E-state index contributed by atoms with van der Waals surface area (Å²) in [6.45, 7) is 0.262. The quantitative estimate of drug-likeness (QED) is 0.496. The van der Waals surface area contributed by atoms with Crippen LogP contribution in [0.25, 0.3) is 0 Å². The van der Waals surface area contributed by atoms with Crippen LogP contribution in [0.4, 0.5) is 17.6 Å². The molecule has 0 saturated heterocycles. The second-order valence-corrected chi connectivity index (χ2v) is 7.38. The van der Waals surface area contributed by atoms with Gasteiger partial charge < -0.3 is 10.5 Å². The number of methoxy groups -OCH3 is 1. The molecule has 1 fully saturated rings. The fourth-order valence-corrected chi connectivity index (χ4v) is 3.73. The molecule has 7 heteroatoms. The highest BCUT2D eigenvalue weighted by atomic mass is 19.4. The van der Waals surface area contributed by atoms with E-state index in [9.17, 15) is 22.4 Å². The highest BCUT2D eigenvalue weighted by molar-refractivity contribution is 5.69. The summed E-state index contributed by atoms with van der Waals surface area (Å²) in [5, 5.41) is 0. The first kappa shape index (κ1) is 23.9. The summed E-state index contributed by atoms with van der Waals surface area (Å²) in [6, 6.07) is 11.5. The van der Waals surface area contributed by atoms with Crippen molar-refractivity contribution in [1.82, 2.24) is 0 Å². The van der Waals surface area contributed by atoms with Gasteiger partial charge in [-0.1, -0.05) is 37.1 Å². The summed E-state index contributed by atoms with van der Waals surface area (Å²) in [5.74, 6) is 0.336. The lowest BCUT2D eigenvalue weighted by molar-refractivity contribution is -0.142. The topological polar surface area (TPSA) is 52.3 Å². The summed E-state index contributed by atoms with van der Waals surface area (Å²) < 4.78 is 53.7.